The number of rotatable bonds is 12. The molecule has 0 saturated heterocycles. The lowest BCUT2D eigenvalue weighted by Crippen LogP contribution is -2.35. The monoisotopic (exact) mass is 441 g/mol. The van der Waals surface area contributed by atoms with Gasteiger partial charge in [0.1, 0.15) is 9.02 Å². The fraction of sp³-hybridized carbons (Fsp3) is 0.600. The van der Waals surface area contributed by atoms with Crippen LogP contribution >= 0.6 is 24.4 Å². The smallest absolute Gasteiger partial charge is 0.200 e. The van der Waals surface area contributed by atoms with Crippen LogP contribution in [0.15, 0.2) is 21.7 Å². The molecule has 0 aromatic heterocycles. The lowest BCUT2D eigenvalue weighted by atomic mass is 10.3. The fourth-order valence-corrected chi connectivity index (χ4v) is 2.74. The molecule has 0 fully saturated rings. The minimum Gasteiger partial charge on any atom is -0.382 e. The van der Waals surface area contributed by atoms with Crippen LogP contribution in [-0.4, -0.2) is 69.8 Å². The van der Waals surface area contributed by atoms with Crippen molar-refractivity contribution in [2.75, 3.05) is 70.7 Å². The SMILES string of the molecule is C.CCN(C)CCNc1cc(=O)c1=S.CCN(CCNc1cc(=O)c1=S)CNC. The van der Waals surface area contributed by atoms with Crippen molar-refractivity contribution in [1.29, 1.82) is 0 Å². The molecule has 164 valence electrons. The number of nitrogens with zero attached hydrogens (tertiary/aromatic N) is 2. The van der Waals surface area contributed by atoms with Gasteiger partial charge < -0.3 is 20.9 Å². The molecule has 2 aromatic carbocycles. The van der Waals surface area contributed by atoms with Crippen molar-refractivity contribution in [3.63, 3.8) is 0 Å². The van der Waals surface area contributed by atoms with E-state index in [1.807, 2.05) is 7.05 Å². The molecule has 0 aliphatic heterocycles. The van der Waals surface area contributed by atoms with Crippen molar-refractivity contribution in [3.8, 4) is 0 Å². The van der Waals surface area contributed by atoms with E-state index in [-0.39, 0.29) is 18.3 Å². The quantitative estimate of drug-likeness (QED) is 0.339. The van der Waals surface area contributed by atoms with E-state index in [2.05, 4.69) is 46.6 Å². The van der Waals surface area contributed by atoms with Gasteiger partial charge in [-0.15, -0.1) is 0 Å². The molecule has 3 N–H and O–H groups in total. The van der Waals surface area contributed by atoms with Gasteiger partial charge in [-0.2, -0.15) is 0 Å². The summed E-state index contributed by atoms with van der Waals surface area (Å²) in [6.45, 7) is 10.7. The molecule has 0 amide bonds. The molecular weight excluding hydrogens is 406 g/mol. The van der Waals surface area contributed by atoms with Crippen LogP contribution in [0.25, 0.3) is 0 Å². The molecule has 0 bridgehead atoms. The lowest BCUT2D eigenvalue weighted by Gasteiger charge is -2.20. The average molecular weight is 442 g/mol. The maximum Gasteiger partial charge on any atom is 0.200 e. The lowest BCUT2D eigenvalue weighted by molar-refractivity contribution is 0.284. The van der Waals surface area contributed by atoms with Crippen LogP contribution in [0.3, 0.4) is 0 Å². The van der Waals surface area contributed by atoms with Gasteiger partial charge in [0.2, 0.25) is 10.9 Å². The van der Waals surface area contributed by atoms with Crippen LogP contribution in [-0.2, 0) is 0 Å². The third kappa shape index (κ3) is 9.22. The normalized spacial score (nSPS) is 10.7. The van der Waals surface area contributed by atoms with Gasteiger partial charge in [-0.3, -0.25) is 14.5 Å². The van der Waals surface area contributed by atoms with E-state index in [1.54, 1.807) is 12.1 Å². The fourth-order valence-electron chi connectivity index (χ4n) is 2.36. The molecule has 0 heterocycles. The standard InChI is InChI=1S/C10H17N3OS.C9H14N2OS.CH4/c1-3-13(7-11-2)5-4-12-8-6-9(14)10(8)15;1-3-11(2)5-4-10-7-6-8(12)9(7)13;/h6,11-12H,3-5,7H2,1-2H3;6,10H,3-5H2,1-2H3;1H4. The van der Waals surface area contributed by atoms with Gasteiger partial charge in [0.05, 0.1) is 11.4 Å². The highest BCUT2D eigenvalue weighted by Crippen LogP contribution is 2.07. The Morgan fingerprint density at radius 2 is 1.38 bits per heavy atom. The molecule has 0 atom stereocenters. The summed E-state index contributed by atoms with van der Waals surface area (Å²) >= 11 is 9.72. The highest BCUT2D eigenvalue weighted by molar-refractivity contribution is 7.71. The predicted octanol–water partition coefficient (Wildman–Crippen LogP) is 2.21. The van der Waals surface area contributed by atoms with Gasteiger partial charge in [0, 0.05) is 45.0 Å². The van der Waals surface area contributed by atoms with Crippen LogP contribution in [0.5, 0.6) is 0 Å². The first kappa shape index (κ1) is 27.5. The summed E-state index contributed by atoms with van der Waals surface area (Å²) < 4.78 is 0.880. The van der Waals surface area contributed by atoms with E-state index in [0.717, 1.165) is 57.3 Å². The first-order valence-corrected chi connectivity index (χ1v) is 10.3. The van der Waals surface area contributed by atoms with E-state index in [0.29, 0.717) is 9.02 Å². The van der Waals surface area contributed by atoms with Gasteiger partial charge in [-0.25, -0.2) is 0 Å². The highest BCUT2D eigenvalue weighted by Gasteiger charge is 2.06. The summed E-state index contributed by atoms with van der Waals surface area (Å²) in [4.78, 5) is 26.0. The van der Waals surface area contributed by atoms with Crippen molar-refractivity contribution >= 4 is 35.8 Å². The third-order valence-corrected chi connectivity index (χ3v) is 5.25. The van der Waals surface area contributed by atoms with Gasteiger partial charge >= 0.3 is 0 Å². The Bertz CT molecular complexity index is 854. The van der Waals surface area contributed by atoms with E-state index < -0.39 is 0 Å². The zero-order valence-electron chi connectivity index (χ0n) is 17.1. The van der Waals surface area contributed by atoms with Gasteiger partial charge in [0.15, 0.2) is 0 Å². The number of nitrogens with one attached hydrogen (secondary N) is 3. The molecule has 9 heteroatoms. The largest absolute Gasteiger partial charge is 0.382 e. The van der Waals surface area contributed by atoms with Crippen LogP contribution < -0.4 is 26.8 Å². The second-order valence-corrected chi connectivity index (χ2v) is 7.29. The van der Waals surface area contributed by atoms with Crippen LogP contribution in [0.2, 0.25) is 0 Å². The summed E-state index contributed by atoms with van der Waals surface area (Å²) in [7, 11) is 3.98. The summed E-state index contributed by atoms with van der Waals surface area (Å²) in [5.41, 5.74) is 1.58. The van der Waals surface area contributed by atoms with E-state index in [1.165, 1.54) is 0 Å². The molecule has 0 spiro atoms. The third-order valence-electron chi connectivity index (χ3n) is 4.41. The Kier molecular flexibility index (Phi) is 13.7. The first-order valence-electron chi connectivity index (χ1n) is 9.47. The topological polar surface area (TPSA) is 76.7 Å². The van der Waals surface area contributed by atoms with Crippen LogP contribution in [0.4, 0.5) is 11.4 Å². The van der Waals surface area contributed by atoms with Crippen LogP contribution in [0.1, 0.15) is 21.3 Å². The van der Waals surface area contributed by atoms with Crippen molar-refractivity contribution in [1.82, 2.24) is 15.1 Å². The molecule has 0 saturated carbocycles. The number of hydrogen-bond acceptors (Lipinski definition) is 9. The predicted molar refractivity (Wildman–Crippen MR) is 130 cm³/mol. The van der Waals surface area contributed by atoms with Crippen molar-refractivity contribution < 1.29 is 0 Å². The van der Waals surface area contributed by atoms with E-state index in [9.17, 15) is 9.59 Å². The number of anilines is 2. The molecule has 2 rings (SSSR count). The van der Waals surface area contributed by atoms with E-state index in [4.69, 9.17) is 24.4 Å². The molecule has 29 heavy (non-hydrogen) atoms. The van der Waals surface area contributed by atoms with Crippen molar-refractivity contribution in [2.24, 2.45) is 0 Å². The molecule has 0 unspecified atom stereocenters. The van der Waals surface area contributed by atoms with Gasteiger partial charge in [0.25, 0.3) is 0 Å². The van der Waals surface area contributed by atoms with Crippen molar-refractivity contribution in [2.45, 2.75) is 21.3 Å². The van der Waals surface area contributed by atoms with Crippen LogP contribution in [0, 0.1) is 9.02 Å². The molecule has 0 aliphatic carbocycles. The second kappa shape index (κ2) is 14.5. The summed E-state index contributed by atoms with van der Waals surface area (Å²) in [6.07, 6.45) is 0. The minimum atomic E-state index is -0.0323. The number of hydrogen-bond donors (Lipinski definition) is 3. The Hall–Kier alpha value is -1.52. The maximum atomic E-state index is 10.8. The Morgan fingerprint density at radius 1 is 0.897 bits per heavy atom. The molecule has 0 aliphatic rings. The van der Waals surface area contributed by atoms with Gasteiger partial charge in [-0.1, -0.05) is 45.7 Å². The molecule has 2 aromatic rings. The second-order valence-electron chi connectivity index (χ2n) is 6.47. The molecular formula is C20H35N5O2S2. The van der Waals surface area contributed by atoms with Crippen molar-refractivity contribution in [3.05, 3.63) is 41.6 Å². The summed E-state index contributed by atoms with van der Waals surface area (Å²) in [5, 5.41) is 9.38. The Morgan fingerprint density at radius 3 is 1.72 bits per heavy atom. The minimum absolute atomic E-state index is 0. The first-order chi connectivity index (χ1) is 13.3. The zero-order valence-corrected chi connectivity index (χ0v) is 18.8. The van der Waals surface area contributed by atoms with Gasteiger partial charge in [-0.05, 0) is 27.2 Å². The Balaban J connectivity index is 0.000000527. The zero-order chi connectivity index (χ0) is 21.1. The maximum absolute atomic E-state index is 10.8. The van der Waals surface area contributed by atoms with E-state index >= 15 is 0 Å². The Labute approximate surface area is 184 Å². The number of likely N-dealkylation sites (N-methyl/N-ethyl adjacent to an activating group) is 2. The average Bonchev–Trinajstić information content (AvgIpc) is 2.71. The highest BCUT2D eigenvalue weighted by atomic mass is 32.1. The summed E-state index contributed by atoms with van der Waals surface area (Å²) in [6, 6.07) is 3.10. The summed E-state index contributed by atoms with van der Waals surface area (Å²) in [5.74, 6) is 0. The molecule has 0 radical (unpaired) electrons. The molecule has 7 nitrogen and oxygen atoms in total.